The number of nitrogens with one attached hydrogen (secondary N) is 2. The van der Waals surface area contributed by atoms with E-state index in [1.54, 1.807) is 28.8 Å². The summed E-state index contributed by atoms with van der Waals surface area (Å²) in [6.45, 7) is 3.37. The summed E-state index contributed by atoms with van der Waals surface area (Å²) in [6.07, 6.45) is 0. The molecule has 4 aromatic rings. The van der Waals surface area contributed by atoms with Crippen LogP contribution in [0.4, 0.5) is 11.4 Å². The Bertz CT molecular complexity index is 1360. The van der Waals surface area contributed by atoms with Crippen molar-refractivity contribution in [3.63, 3.8) is 0 Å². The summed E-state index contributed by atoms with van der Waals surface area (Å²) in [5.41, 5.74) is 3.44. The van der Waals surface area contributed by atoms with E-state index in [9.17, 15) is 14.4 Å². The lowest BCUT2D eigenvalue weighted by molar-refractivity contribution is -0.114. The van der Waals surface area contributed by atoms with Gasteiger partial charge < -0.3 is 10.6 Å². The molecule has 0 saturated carbocycles. The first kappa shape index (κ1) is 21.8. The number of hydrogen-bond donors (Lipinski definition) is 2. The van der Waals surface area contributed by atoms with Gasteiger partial charge in [-0.1, -0.05) is 30.0 Å². The molecule has 0 spiro atoms. The predicted molar refractivity (Wildman–Crippen MR) is 130 cm³/mol. The maximum absolute atomic E-state index is 13.2. The average Bonchev–Trinajstić information content (AvgIpc) is 3.23. The number of para-hydroxylation sites is 1. The Labute approximate surface area is 192 Å². The summed E-state index contributed by atoms with van der Waals surface area (Å²) in [5.74, 6) is -0.298. The standard InChI is InChI=1S/C23H20N4O3S2/c1-14-5-3-4-6-19(14)27-22(30)21-18(11-12-31-21)26-23(27)32-13-20(29)25-17-9-7-16(8-10-17)24-15(2)28/h3-12H,13H2,1-2H3,(H,24,28)(H,25,29). The van der Waals surface area contributed by atoms with Gasteiger partial charge in [-0.15, -0.1) is 11.3 Å². The smallest absolute Gasteiger partial charge is 0.276 e. The molecule has 0 bridgehead atoms. The number of rotatable bonds is 6. The molecule has 32 heavy (non-hydrogen) atoms. The van der Waals surface area contributed by atoms with Crippen LogP contribution in [0.15, 0.2) is 69.9 Å². The van der Waals surface area contributed by atoms with Crippen molar-refractivity contribution in [3.05, 3.63) is 75.9 Å². The van der Waals surface area contributed by atoms with Crippen molar-refractivity contribution in [2.24, 2.45) is 0 Å². The molecule has 162 valence electrons. The number of thiophene rings is 1. The van der Waals surface area contributed by atoms with E-state index in [1.165, 1.54) is 30.0 Å². The zero-order chi connectivity index (χ0) is 22.7. The van der Waals surface area contributed by atoms with Gasteiger partial charge in [0.25, 0.3) is 5.56 Å². The van der Waals surface area contributed by atoms with Gasteiger partial charge in [-0.25, -0.2) is 4.98 Å². The van der Waals surface area contributed by atoms with E-state index < -0.39 is 0 Å². The largest absolute Gasteiger partial charge is 0.326 e. The van der Waals surface area contributed by atoms with Crippen LogP contribution < -0.4 is 16.2 Å². The zero-order valence-electron chi connectivity index (χ0n) is 17.4. The molecule has 0 radical (unpaired) electrons. The molecule has 4 rings (SSSR count). The highest BCUT2D eigenvalue weighted by Crippen LogP contribution is 2.25. The summed E-state index contributed by atoms with van der Waals surface area (Å²) in [4.78, 5) is 41.5. The molecule has 2 aromatic heterocycles. The molecule has 7 nitrogen and oxygen atoms in total. The van der Waals surface area contributed by atoms with Gasteiger partial charge in [-0.2, -0.15) is 0 Å². The van der Waals surface area contributed by atoms with Crippen LogP contribution in [-0.2, 0) is 9.59 Å². The molecule has 0 aliphatic rings. The normalized spacial score (nSPS) is 10.8. The summed E-state index contributed by atoms with van der Waals surface area (Å²) >= 11 is 2.57. The lowest BCUT2D eigenvalue weighted by Crippen LogP contribution is -2.22. The molecule has 0 unspecified atom stereocenters. The van der Waals surface area contributed by atoms with Crippen molar-refractivity contribution >= 4 is 56.5 Å². The quantitative estimate of drug-likeness (QED) is 0.325. The number of carbonyl (C=O) groups is 2. The number of carbonyl (C=O) groups excluding carboxylic acids is 2. The molecule has 2 heterocycles. The van der Waals surface area contributed by atoms with Crippen molar-refractivity contribution in [2.45, 2.75) is 19.0 Å². The van der Waals surface area contributed by atoms with E-state index in [-0.39, 0.29) is 23.1 Å². The maximum atomic E-state index is 13.2. The van der Waals surface area contributed by atoms with Crippen LogP contribution >= 0.6 is 23.1 Å². The average molecular weight is 465 g/mol. The van der Waals surface area contributed by atoms with Crippen molar-refractivity contribution in [1.29, 1.82) is 0 Å². The number of anilines is 2. The number of fused-ring (bicyclic) bond motifs is 1. The zero-order valence-corrected chi connectivity index (χ0v) is 19.0. The van der Waals surface area contributed by atoms with Crippen molar-refractivity contribution in [1.82, 2.24) is 9.55 Å². The monoisotopic (exact) mass is 464 g/mol. The van der Waals surface area contributed by atoms with Crippen molar-refractivity contribution in [2.75, 3.05) is 16.4 Å². The first-order valence-electron chi connectivity index (χ1n) is 9.79. The highest BCUT2D eigenvalue weighted by atomic mass is 32.2. The van der Waals surface area contributed by atoms with Crippen molar-refractivity contribution < 1.29 is 9.59 Å². The van der Waals surface area contributed by atoms with Gasteiger partial charge in [-0.05, 0) is 54.3 Å². The number of aromatic nitrogens is 2. The Hall–Kier alpha value is -3.43. The highest BCUT2D eigenvalue weighted by Gasteiger charge is 2.17. The third-order valence-corrected chi connectivity index (χ3v) is 6.46. The highest BCUT2D eigenvalue weighted by molar-refractivity contribution is 7.99. The minimum absolute atomic E-state index is 0.0847. The van der Waals surface area contributed by atoms with Crippen LogP contribution in [-0.4, -0.2) is 27.1 Å². The van der Waals surface area contributed by atoms with E-state index in [4.69, 9.17) is 0 Å². The Morgan fingerprint density at radius 1 is 1.03 bits per heavy atom. The fourth-order valence-electron chi connectivity index (χ4n) is 3.18. The van der Waals surface area contributed by atoms with Crippen LogP contribution in [0.5, 0.6) is 0 Å². The molecular weight excluding hydrogens is 444 g/mol. The lowest BCUT2D eigenvalue weighted by atomic mass is 10.2. The van der Waals surface area contributed by atoms with Gasteiger partial charge in [-0.3, -0.25) is 19.0 Å². The van der Waals surface area contributed by atoms with Gasteiger partial charge >= 0.3 is 0 Å². The summed E-state index contributed by atoms with van der Waals surface area (Å²) < 4.78 is 2.16. The fraction of sp³-hybridized carbons (Fsp3) is 0.130. The second-order valence-corrected chi connectivity index (χ2v) is 8.91. The van der Waals surface area contributed by atoms with E-state index in [0.717, 1.165) is 11.3 Å². The Morgan fingerprint density at radius 3 is 2.41 bits per heavy atom. The van der Waals surface area contributed by atoms with Crippen LogP contribution in [0, 0.1) is 6.92 Å². The third kappa shape index (κ3) is 4.74. The molecule has 2 N–H and O–H groups in total. The number of nitrogens with zero attached hydrogens (tertiary/aromatic N) is 2. The van der Waals surface area contributed by atoms with Gasteiger partial charge in [0, 0.05) is 18.3 Å². The van der Waals surface area contributed by atoms with Crippen molar-refractivity contribution in [3.8, 4) is 5.69 Å². The fourth-order valence-corrected chi connectivity index (χ4v) is 4.75. The predicted octanol–water partition coefficient (Wildman–Crippen LogP) is 4.44. The molecule has 0 aliphatic carbocycles. The maximum Gasteiger partial charge on any atom is 0.276 e. The van der Waals surface area contributed by atoms with Crippen LogP contribution in [0.2, 0.25) is 0 Å². The topological polar surface area (TPSA) is 93.1 Å². The van der Waals surface area contributed by atoms with E-state index in [1.807, 2.05) is 42.6 Å². The SMILES string of the molecule is CC(=O)Nc1ccc(NC(=O)CSc2nc3ccsc3c(=O)n2-c2ccccc2C)cc1. The van der Waals surface area contributed by atoms with Gasteiger partial charge in [0.05, 0.1) is 17.0 Å². The van der Waals surface area contributed by atoms with Crippen LogP contribution in [0.25, 0.3) is 15.9 Å². The Balaban J connectivity index is 1.56. The molecule has 9 heteroatoms. The number of aryl methyl sites for hydroxylation is 1. The summed E-state index contributed by atoms with van der Waals surface area (Å²) in [7, 11) is 0. The number of thioether (sulfide) groups is 1. The second-order valence-electron chi connectivity index (χ2n) is 7.05. The molecule has 2 aromatic carbocycles. The number of hydrogen-bond acceptors (Lipinski definition) is 6. The molecule has 0 fully saturated rings. The first-order valence-corrected chi connectivity index (χ1v) is 11.7. The van der Waals surface area contributed by atoms with E-state index in [2.05, 4.69) is 15.6 Å². The molecule has 2 amide bonds. The summed E-state index contributed by atoms with van der Waals surface area (Å²) in [5, 5.41) is 7.81. The third-order valence-electron chi connectivity index (χ3n) is 4.63. The molecular formula is C23H20N4O3S2. The molecule has 0 atom stereocenters. The minimum atomic E-state index is -0.224. The Morgan fingerprint density at radius 2 is 1.72 bits per heavy atom. The number of benzene rings is 2. The van der Waals surface area contributed by atoms with Crippen LogP contribution in [0.1, 0.15) is 12.5 Å². The van der Waals surface area contributed by atoms with Gasteiger partial charge in [0.2, 0.25) is 11.8 Å². The minimum Gasteiger partial charge on any atom is -0.326 e. The van der Waals surface area contributed by atoms with Crippen LogP contribution in [0.3, 0.4) is 0 Å². The molecule has 0 aliphatic heterocycles. The summed E-state index contributed by atoms with van der Waals surface area (Å²) in [6, 6.07) is 16.3. The Kier molecular flexibility index (Phi) is 6.38. The number of amides is 2. The molecule has 0 saturated heterocycles. The van der Waals surface area contributed by atoms with Gasteiger partial charge in [0.15, 0.2) is 5.16 Å². The van der Waals surface area contributed by atoms with E-state index in [0.29, 0.717) is 26.7 Å². The van der Waals surface area contributed by atoms with E-state index >= 15 is 0 Å². The second kappa shape index (κ2) is 9.37. The van der Waals surface area contributed by atoms with Gasteiger partial charge in [0.1, 0.15) is 4.70 Å². The lowest BCUT2D eigenvalue weighted by Gasteiger charge is -2.14. The first-order chi connectivity index (χ1) is 15.4.